The molecule has 110 valence electrons. The highest BCUT2D eigenvalue weighted by atomic mass is 16.5. The monoisotopic (exact) mass is 276 g/mol. The van der Waals surface area contributed by atoms with Gasteiger partial charge in [-0.15, -0.1) is 0 Å². The lowest BCUT2D eigenvalue weighted by Gasteiger charge is -2.38. The largest absolute Gasteiger partial charge is 0.484 e. The van der Waals surface area contributed by atoms with Crippen LogP contribution >= 0.6 is 0 Å². The van der Waals surface area contributed by atoms with Crippen molar-refractivity contribution in [3.8, 4) is 5.75 Å². The molecule has 2 rings (SSSR count). The second-order valence-electron chi connectivity index (χ2n) is 5.61. The molecular formula is C16H24N2O2. The molecule has 0 spiro atoms. The highest BCUT2D eigenvalue weighted by Crippen LogP contribution is 2.19. The number of ether oxygens (including phenoxy) is 1. The minimum absolute atomic E-state index is 0.0126. The van der Waals surface area contributed by atoms with Crippen molar-refractivity contribution in [3.63, 3.8) is 0 Å². The molecule has 0 radical (unpaired) electrons. The first kappa shape index (κ1) is 14.9. The number of likely N-dealkylation sites (tertiary alicyclic amines) is 1. The Morgan fingerprint density at radius 1 is 1.40 bits per heavy atom. The highest BCUT2D eigenvalue weighted by Gasteiger charge is 2.29. The van der Waals surface area contributed by atoms with Crippen LogP contribution in [0.1, 0.15) is 31.7 Å². The van der Waals surface area contributed by atoms with Crippen LogP contribution in [0.3, 0.4) is 0 Å². The van der Waals surface area contributed by atoms with Gasteiger partial charge in [-0.25, -0.2) is 0 Å². The number of piperidine rings is 1. The topological polar surface area (TPSA) is 55.6 Å². The van der Waals surface area contributed by atoms with Crippen molar-refractivity contribution in [2.75, 3.05) is 13.2 Å². The normalized spacial score (nSPS) is 20.6. The molecule has 0 saturated carbocycles. The molecule has 1 aliphatic heterocycles. The van der Waals surface area contributed by atoms with Crippen LogP contribution in [0.25, 0.3) is 0 Å². The maximum atomic E-state index is 12.3. The third-order valence-electron chi connectivity index (χ3n) is 3.86. The van der Waals surface area contributed by atoms with Crippen molar-refractivity contribution < 1.29 is 9.53 Å². The van der Waals surface area contributed by atoms with E-state index in [1.165, 1.54) is 5.56 Å². The minimum Gasteiger partial charge on any atom is -0.484 e. The molecule has 4 nitrogen and oxygen atoms in total. The van der Waals surface area contributed by atoms with E-state index in [4.69, 9.17) is 10.5 Å². The lowest BCUT2D eigenvalue weighted by molar-refractivity contribution is -0.137. The molecule has 1 aromatic carbocycles. The van der Waals surface area contributed by atoms with Crippen molar-refractivity contribution in [2.45, 2.75) is 45.2 Å². The smallest absolute Gasteiger partial charge is 0.260 e. The molecule has 0 aliphatic carbocycles. The number of nitrogens with two attached hydrogens (primary N) is 1. The van der Waals surface area contributed by atoms with Crippen LogP contribution in [0, 0.1) is 6.92 Å². The van der Waals surface area contributed by atoms with Crippen LogP contribution in [0.5, 0.6) is 5.75 Å². The summed E-state index contributed by atoms with van der Waals surface area (Å²) in [6.07, 6.45) is 3.20. The summed E-state index contributed by atoms with van der Waals surface area (Å²) in [6.45, 7) is 4.88. The summed E-state index contributed by atoms with van der Waals surface area (Å²) in [5, 5.41) is 0. The Hall–Kier alpha value is -1.55. The van der Waals surface area contributed by atoms with E-state index in [2.05, 4.69) is 0 Å². The summed E-state index contributed by atoms with van der Waals surface area (Å²) < 4.78 is 5.57. The number of carbonyl (C=O) groups excluding carboxylic acids is 1. The fourth-order valence-electron chi connectivity index (χ4n) is 2.68. The predicted octanol–water partition coefficient (Wildman–Crippen LogP) is 2.10. The first-order valence-corrected chi connectivity index (χ1v) is 7.32. The summed E-state index contributed by atoms with van der Waals surface area (Å²) >= 11 is 0. The van der Waals surface area contributed by atoms with Gasteiger partial charge >= 0.3 is 0 Å². The van der Waals surface area contributed by atoms with Crippen molar-refractivity contribution in [3.05, 3.63) is 29.8 Å². The van der Waals surface area contributed by atoms with Gasteiger partial charge in [0, 0.05) is 18.6 Å². The van der Waals surface area contributed by atoms with E-state index in [1.807, 2.05) is 43.0 Å². The minimum atomic E-state index is 0.0126. The van der Waals surface area contributed by atoms with E-state index in [0.29, 0.717) is 0 Å². The van der Waals surface area contributed by atoms with E-state index < -0.39 is 0 Å². The molecule has 0 bridgehead atoms. The maximum Gasteiger partial charge on any atom is 0.260 e. The van der Waals surface area contributed by atoms with Gasteiger partial charge < -0.3 is 15.4 Å². The van der Waals surface area contributed by atoms with E-state index >= 15 is 0 Å². The number of nitrogens with zero attached hydrogens (tertiary/aromatic N) is 1. The van der Waals surface area contributed by atoms with Crippen molar-refractivity contribution in [1.82, 2.24) is 4.90 Å². The molecule has 1 aliphatic rings. The Bertz CT molecular complexity index is 442. The van der Waals surface area contributed by atoms with E-state index in [9.17, 15) is 4.79 Å². The van der Waals surface area contributed by atoms with Crippen LogP contribution in [0.2, 0.25) is 0 Å². The summed E-state index contributed by atoms with van der Waals surface area (Å²) in [4.78, 5) is 14.2. The molecule has 1 heterocycles. The predicted molar refractivity (Wildman–Crippen MR) is 79.7 cm³/mol. The van der Waals surface area contributed by atoms with Crippen LogP contribution in [0.4, 0.5) is 0 Å². The van der Waals surface area contributed by atoms with Gasteiger partial charge in [0.25, 0.3) is 5.91 Å². The third-order valence-corrected chi connectivity index (χ3v) is 3.86. The number of aryl methyl sites for hydroxylation is 1. The molecular weight excluding hydrogens is 252 g/mol. The molecule has 4 heteroatoms. The van der Waals surface area contributed by atoms with Crippen LogP contribution in [-0.2, 0) is 4.79 Å². The highest BCUT2D eigenvalue weighted by molar-refractivity contribution is 5.78. The average molecular weight is 276 g/mol. The lowest BCUT2D eigenvalue weighted by atomic mass is 9.97. The number of rotatable bonds is 4. The summed E-state index contributed by atoms with van der Waals surface area (Å²) in [5.74, 6) is 0.769. The number of benzene rings is 1. The van der Waals surface area contributed by atoms with Crippen molar-refractivity contribution in [2.24, 2.45) is 5.73 Å². The Morgan fingerprint density at radius 3 is 2.75 bits per heavy atom. The molecule has 2 atom stereocenters. The van der Waals surface area contributed by atoms with Gasteiger partial charge in [0.15, 0.2) is 6.61 Å². The van der Waals surface area contributed by atoms with Gasteiger partial charge in [-0.3, -0.25) is 4.79 Å². The second kappa shape index (κ2) is 6.75. The van der Waals surface area contributed by atoms with Gasteiger partial charge in [0.05, 0.1) is 0 Å². The fourth-order valence-corrected chi connectivity index (χ4v) is 2.68. The van der Waals surface area contributed by atoms with Crippen LogP contribution in [0.15, 0.2) is 24.3 Å². The maximum absolute atomic E-state index is 12.3. The average Bonchev–Trinajstić information content (AvgIpc) is 2.46. The quantitative estimate of drug-likeness (QED) is 0.916. The zero-order valence-corrected chi connectivity index (χ0v) is 12.3. The standard InChI is InChI=1S/C16H24N2O2/c1-12-6-8-14(9-7-12)20-11-16(19)18-10-4-3-5-15(18)13(2)17/h6-9,13,15H,3-5,10-11,17H2,1-2H3. The molecule has 0 aromatic heterocycles. The SMILES string of the molecule is Cc1ccc(OCC(=O)N2CCCCC2C(C)N)cc1. The second-order valence-corrected chi connectivity index (χ2v) is 5.61. The molecule has 20 heavy (non-hydrogen) atoms. The van der Waals surface area contributed by atoms with Gasteiger partial charge in [0.1, 0.15) is 5.75 Å². The summed E-state index contributed by atoms with van der Waals surface area (Å²) in [6, 6.07) is 7.90. The number of hydrogen-bond donors (Lipinski definition) is 1. The van der Waals surface area contributed by atoms with E-state index in [-0.39, 0.29) is 24.6 Å². The number of carbonyl (C=O) groups is 1. The first-order chi connectivity index (χ1) is 9.58. The van der Waals surface area contributed by atoms with Gasteiger partial charge in [0.2, 0.25) is 0 Å². The molecule has 1 amide bonds. The molecule has 1 fully saturated rings. The Labute approximate surface area is 120 Å². The van der Waals surface area contributed by atoms with E-state index in [1.54, 1.807) is 0 Å². The first-order valence-electron chi connectivity index (χ1n) is 7.32. The van der Waals surface area contributed by atoms with Crippen LogP contribution in [-0.4, -0.2) is 36.0 Å². The Morgan fingerprint density at radius 2 is 2.10 bits per heavy atom. The summed E-state index contributed by atoms with van der Waals surface area (Å²) in [7, 11) is 0. The van der Waals surface area contributed by atoms with Crippen LogP contribution < -0.4 is 10.5 Å². The molecule has 1 saturated heterocycles. The number of amides is 1. The Balaban J connectivity index is 1.91. The summed E-state index contributed by atoms with van der Waals surface area (Å²) in [5.41, 5.74) is 7.16. The molecule has 2 N–H and O–H groups in total. The van der Waals surface area contributed by atoms with Gasteiger partial charge in [-0.05, 0) is 45.2 Å². The fraction of sp³-hybridized carbons (Fsp3) is 0.562. The number of hydrogen-bond acceptors (Lipinski definition) is 3. The third kappa shape index (κ3) is 3.73. The molecule has 2 unspecified atom stereocenters. The molecule has 1 aromatic rings. The van der Waals surface area contributed by atoms with Gasteiger partial charge in [-0.2, -0.15) is 0 Å². The zero-order chi connectivity index (χ0) is 14.5. The lowest BCUT2D eigenvalue weighted by Crippen LogP contribution is -2.52. The zero-order valence-electron chi connectivity index (χ0n) is 12.3. The van der Waals surface area contributed by atoms with Crippen molar-refractivity contribution >= 4 is 5.91 Å². The van der Waals surface area contributed by atoms with Gasteiger partial charge in [-0.1, -0.05) is 17.7 Å². The van der Waals surface area contributed by atoms with E-state index in [0.717, 1.165) is 31.6 Å². The van der Waals surface area contributed by atoms with Crippen molar-refractivity contribution in [1.29, 1.82) is 0 Å². The Kier molecular flexibility index (Phi) is 5.01.